The largest absolute Gasteiger partial charge is 0.497 e. The summed E-state index contributed by atoms with van der Waals surface area (Å²) in [7, 11) is 1.64. The second kappa shape index (κ2) is 11.9. The topological polar surface area (TPSA) is 111 Å². The molecule has 3 aromatic carbocycles. The van der Waals surface area contributed by atoms with Crippen molar-refractivity contribution in [3.8, 4) is 17.2 Å². The minimum absolute atomic E-state index is 0.150. The normalized spacial score (nSPS) is 16.0. The molecule has 1 fully saturated rings. The van der Waals surface area contributed by atoms with Gasteiger partial charge in [0.1, 0.15) is 11.8 Å². The molecular formula is C32H33N7O4. The van der Waals surface area contributed by atoms with E-state index in [4.69, 9.17) is 14.2 Å². The molecule has 2 aromatic heterocycles. The lowest BCUT2D eigenvalue weighted by atomic mass is 10.0. The standard InChI is InChI=1S/C32H33N7O4/c1-41-25-8-9-27-24(18-25)19-26(32(40)33-27)30(31-34-35-36-39(31)12-11-22-5-3-2-4-6-22)38-15-13-37(14-16-38)20-23-7-10-28-29(17-23)43-21-42-28/h2-10,17-19,30H,11-16,20-21H2,1H3,(H,33,40)/t30-/m1/s1. The lowest BCUT2D eigenvalue weighted by molar-refractivity contribution is 0.0996. The van der Waals surface area contributed by atoms with Crippen molar-refractivity contribution >= 4 is 10.9 Å². The first kappa shape index (κ1) is 27.1. The summed E-state index contributed by atoms with van der Waals surface area (Å²) in [4.78, 5) is 21.4. The molecule has 7 rings (SSSR count). The number of pyridine rings is 1. The fourth-order valence-electron chi connectivity index (χ4n) is 5.95. The zero-order valence-electron chi connectivity index (χ0n) is 24.0. The molecule has 11 nitrogen and oxygen atoms in total. The summed E-state index contributed by atoms with van der Waals surface area (Å²) in [6, 6.07) is 23.6. The Morgan fingerprint density at radius 1 is 0.930 bits per heavy atom. The van der Waals surface area contributed by atoms with Gasteiger partial charge in [-0.1, -0.05) is 36.4 Å². The monoisotopic (exact) mass is 579 g/mol. The molecule has 0 radical (unpaired) electrons. The van der Waals surface area contributed by atoms with Crippen LogP contribution in [-0.4, -0.2) is 75.1 Å². The zero-order valence-corrected chi connectivity index (χ0v) is 24.0. The second-order valence-electron chi connectivity index (χ2n) is 10.9. The van der Waals surface area contributed by atoms with Gasteiger partial charge in [0.25, 0.3) is 5.56 Å². The third-order valence-electron chi connectivity index (χ3n) is 8.25. The van der Waals surface area contributed by atoms with Gasteiger partial charge < -0.3 is 19.2 Å². The van der Waals surface area contributed by atoms with Crippen molar-refractivity contribution in [2.24, 2.45) is 0 Å². The van der Waals surface area contributed by atoms with E-state index < -0.39 is 6.04 Å². The van der Waals surface area contributed by atoms with Crippen LogP contribution in [0.1, 0.15) is 28.6 Å². The smallest absolute Gasteiger partial charge is 0.253 e. The minimum atomic E-state index is -0.419. The molecule has 2 aliphatic rings. The van der Waals surface area contributed by atoms with E-state index in [1.807, 2.05) is 53.2 Å². The highest BCUT2D eigenvalue weighted by Gasteiger charge is 2.33. The number of rotatable bonds is 9. The average Bonchev–Trinajstić information content (AvgIpc) is 3.71. The molecule has 220 valence electrons. The molecule has 43 heavy (non-hydrogen) atoms. The first-order valence-electron chi connectivity index (χ1n) is 14.5. The Balaban J connectivity index is 1.18. The summed E-state index contributed by atoms with van der Waals surface area (Å²) >= 11 is 0. The van der Waals surface area contributed by atoms with Crippen molar-refractivity contribution in [3.63, 3.8) is 0 Å². The van der Waals surface area contributed by atoms with Crippen LogP contribution >= 0.6 is 0 Å². The molecule has 5 aromatic rings. The summed E-state index contributed by atoms with van der Waals surface area (Å²) in [5, 5.41) is 13.8. The van der Waals surface area contributed by atoms with Gasteiger partial charge >= 0.3 is 0 Å². The van der Waals surface area contributed by atoms with Crippen molar-refractivity contribution in [2.75, 3.05) is 40.1 Å². The number of tetrazole rings is 1. The van der Waals surface area contributed by atoms with Gasteiger partial charge in [-0.05, 0) is 64.4 Å². The lowest BCUT2D eigenvalue weighted by Gasteiger charge is -2.38. The number of H-pyrrole nitrogens is 1. The molecule has 0 aliphatic carbocycles. The van der Waals surface area contributed by atoms with Crippen LogP contribution in [0.4, 0.5) is 0 Å². The molecule has 0 saturated carbocycles. The Morgan fingerprint density at radius 2 is 1.77 bits per heavy atom. The second-order valence-corrected chi connectivity index (χ2v) is 10.9. The highest BCUT2D eigenvalue weighted by Crippen LogP contribution is 2.33. The van der Waals surface area contributed by atoms with Gasteiger partial charge in [0.05, 0.1) is 7.11 Å². The number of aromatic amines is 1. The molecular weight excluding hydrogens is 546 g/mol. The van der Waals surface area contributed by atoms with Gasteiger partial charge in [-0.2, -0.15) is 0 Å². The lowest BCUT2D eigenvalue weighted by Crippen LogP contribution is -2.48. The maximum Gasteiger partial charge on any atom is 0.253 e. The molecule has 0 bridgehead atoms. The molecule has 4 heterocycles. The maximum absolute atomic E-state index is 13.6. The number of hydrogen-bond donors (Lipinski definition) is 1. The summed E-state index contributed by atoms with van der Waals surface area (Å²) in [5.41, 5.74) is 3.60. The van der Waals surface area contributed by atoms with E-state index in [0.29, 0.717) is 17.9 Å². The number of nitrogens with one attached hydrogen (secondary N) is 1. The predicted octanol–water partition coefficient (Wildman–Crippen LogP) is 3.40. The van der Waals surface area contributed by atoms with E-state index in [1.165, 1.54) is 11.1 Å². The Morgan fingerprint density at radius 3 is 2.60 bits per heavy atom. The number of nitrogens with zero attached hydrogens (tertiary/aromatic N) is 6. The molecule has 2 aliphatic heterocycles. The molecule has 1 saturated heterocycles. The molecule has 0 amide bonds. The van der Waals surface area contributed by atoms with Gasteiger partial charge in [0, 0.05) is 55.7 Å². The Kier molecular flexibility index (Phi) is 7.48. The Bertz CT molecular complexity index is 1780. The molecule has 1 atom stereocenters. The highest BCUT2D eigenvalue weighted by molar-refractivity contribution is 5.80. The van der Waals surface area contributed by atoms with E-state index in [2.05, 4.69) is 54.6 Å². The third kappa shape index (κ3) is 5.69. The fourth-order valence-corrected chi connectivity index (χ4v) is 5.95. The number of aryl methyl sites for hydroxylation is 2. The summed E-state index contributed by atoms with van der Waals surface area (Å²) in [6.45, 7) is 4.83. The summed E-state index contributed by atoms with van der Waals surface area (Å²) in [5.74, 6) is 2.98. The van der Waals surface area contributed by atoms with Crippen molar-refractivity contribution < 1.29 is 14.2 Å². The predicted molar refractivity (Wildman–Crippen MR) is 160 cm³/mol. The number of aromatic nitrogens is 5. The van der Waals surface area contributed by atoms with Gasteiger partial charge in [0.2, 0.25) is 6.79 Å². The Hall–Kier alpha value is -4.74. The van der Waals surface area contributed by atoms with Crippen LogP contribution in [0.25, 0.3) is 10.9 Å². The van der Waals surface area contributed by atoms with E-state index in [1.54, 1.807) is 7.11 Å². The molecule has 1 N–H and O–H groups in total. The number of benzene rings is 3. The minimum Gasteiger partial charge on any atom is -0.497 e. The number of hydrogen-bond acceptors (Lipinski definition) is 9. The van der Waals surface area contributed by atoms with E-state index in [9.17, 15) is 4.79 Å². The van der Waals surface area contributed by atoms with Crippen LogP contribution in [0.15, 0.2) is 77.6 Å². The van der Waals surface area contributed by atoms with Crippen LogP contribution in [0.5, 0.6) is 17.2 Å². The number of methoxy groups -OCH3 is 1. The first-order chi connectivity index (χ1) is 21.1. The van der Waals surface area contributed by atoms with Crippen LogP contribution in [0.2, 0.25) is 0 Å². The van der Waals surface area contributed by atoms with E-state index in [-0.39, 0.29) is 12.4 Å². The quantitative estimate of drug-likeness (QED) is 0.281. The van der Waals surface area contributed by atoms with Crippen LogP contribution in [0.3, 0.4) is 0 Å². The third-order valence-corrected chi connectivity index (χ3v) is 8.25. The van der Waals surface area contributed by atoms with Gasteiger partial charge in [-0.25, -0.2) is 4.68 Å². The number of piperazine rings is 1. The van der Waals surface area contributed by atoms with Gasteiger partial charge in [0.15, 0.2) is 17.3 Å². The van der Waals surface area contributed by atoms with Crippen molar-refractivity contribution in [1.82, 2.24) is 35.0 Å². The summed E-state index contributed by atoms with van der Waals surface area (Å²) < 4.78 is 18.3. The van der Waals surface area contributed by atoms with Crippen LogP contribution < -0.4 is 19.8 Å². The zero-order chi connectivity index (χ0) is 29.2. The summed E-state index contributed by atoms with van der Waals surface area (Å²) in [6.07, 6.45) is 0.778. The SMILES string of the molecule is COc1ccc2[nH]c(=O)c([C@H](c3nnnn3CCc3ccccc3)N3CCN(Cc4ccc5c(c4)OCO5)CC3)cc2c1. The van der Waals surface area contributed by atoms with Gasteiger partial charge in [-0.3, -0.25) is 14.6 Å². The number of ether oxygens (including phenoxy) is 3. The van der Waals surface area contributed by atoms with E-state index >= 15 is 0 Å². The van der Waals surface area contributed by atoms with E-state index in [0.717, 1.165) is 67.3 Å². The van der Waals surface area contributed by atoms with Crippen molar-refractivity contribution in [3.05, 3.63) is 106 Å². The molecule has 11 heteroatoms. The molecule has 0 spiro atoms. The first-order valence-corrected chi connectivity index (χ1v) is 14.5. The van der Waals surface area contributed by atoms with Crippen molar-refractivity contribution in [1.29, 1.82) is 0 Å². The molecule has 0 unspecified atom stereocenters. The van der Waals surface area contributed by atoms with Gasteiger partial charge in [-0.15, -0.1) is 5.10 Å². The van der Waals surface area contributed by atoms with Crippen LogP contribution in [0, 0.1) is 0 Å². The average molecular weight is 580 g/mol. The Labute approximate surface area is 248 Å². The fraction of sp³-hybridized carbons (Fsp3) is 0.312. The van der Waals surface area contributed by atoms with Crippen molar-refractivity contribution in [2.45, 2.75) is 25.6 Å². The number of fused-ring (bicyclic) bond motifs is 2. The maximum atomic E-state index is 13.6. The van der Waals surface area contributed by atoms with Crippen LogP contribution in [-0.2, 0) is 19.5 Å². The highest BCUT2D eigenvalue weighted by atomic mass is 16.7.